The normalized spacial score (nSPS) is 14.6. The molecule has 144 valence electrons. The summed E-state index contributed by atoms with van der Waals surface area (Å²) in [5.41, 5.74) is 1.69. The minimum atomic E-state index is -1.01. The van der Waals surface area contributed by atoms with E-state index in [0.717, 1.165) is 12.8 Å². The lowest BCUT2D eigenvalue weighted by molar-refractivity contribution is -0.156. The van der Waals surface area contributed by atoms with Crippen molar-refractivity contribution in [3.05, 3.63) is 70.7 Å². The zero-order valence-corrected chi connectivity index (χ0v) is 15.2. The Morgan fingerprint density at radius 1 is 1.11 bits per heavy atom. The third kappa shape index (κ3) is 3.98. The van der Waals surface area contributed by atoms with E-state index in [2.05, 4.69) is 5.32 Å². The highest BCUT2D eigenvalue weighted by atomic mass is 16.5. The smallest absolute Gasteiger partial charge is 0.419 e. The highest BCUT2D eigenvalue weighted by Crippen LogP contribution is 2.23. The number of para-hydroxylation sites is 2. The van der Waals surface area contributed by atoms with Gasteiger partial charge in [0.05, 0.1) is 11.9 Å². The molecule has 28 heavy (non-hydrogen) atoms. The van der Waals surface area contributed by atoms with E-state index in [0.29, 0.717) is 16.7 Å². The first kappa shape index (κ1) is 18.0. The molecule has 0 bridgehead atoms. The van der Waals surface area contributed by atoms with Crippen molar-refractivity contribution in [2.24, 2.45) is 0 Å². The highest BCUT2D eigenvalue weighted by molar-refractivity contribution is 5.85. The zero-order valence-electron chi connectivity index (χ0n) is 15.2. The summed E-state index contributed by atoms with van der Waals surface area (Å²) in [5.74, 6) is -1.41. The van der Waals surface area contributed by atoms with Crippen molar-refractivity contribution < 1.29 is 18.7 Å². The third-order valence-electron chi connectivity index (χ3n) is 4.63. The lowest BCUT2D eigenvalue weighted by Crippen LogP contribution is -2.33. The number of oxazole rings is 1. The summed E-state index contributed by atoms with van der Waals surface area (Å²) in [5, 5.41) is 2.87. The fourth-order valence-corrected chi connectivity index (χ4v) is 3.02. The molecule has 1 aromatic heterocycles. The molecule has 1 fully saturated rings. The average Bonchev–Trinajstić information content (AvgIpc) is 3.46. The van der Waals surface area contributed by atoms with Crippen molar-refractivity contribution in [1.29, 1.82) is 0 Å². The van der Waals surface area contributed by atoms with E-state index < -0.39 is 17.8 Å². The number of hydrogen-bond donors (Lipinski definition) is 1. The van der Waals surface area contributed by atoms with Gasteiger partial charge in [-0.1, -0.05) is 42.5 Å². The van der Waals surface area contributed by atoms with E-state index in [9.17, 15) is 14.4 Å². The van der Waals surface area contributed by atoms with Crippen LogP contribution in [0.15, 0.2) is 63.8 Å². The molecule has 1 N–H and O–H groups in total. The SMILES string of the molecule is O=C(CCn1c(=O)oc2ccccc21)O[C@H](C(=O)NC1CC1)c1ccccc1. The van der Waals surface area contributed by atoms with Crippen LogP contribution in [0.4, 0.5) is 0 Å². The van der Waals surface area contributed by atoms with Crippen LogP contribution in [0.2, 0.25) is 0 Å². The molecule has 7 nitrogen and oxygen atoms in total. The Hall–Kier alpha value is -3.35. The van der Waals surface area contributed by atoms with Crippen molar-refractivity contribution in [1.82, 2.24) is 9.88 Å². The zero-order chi connectivity index (χ0) is 19.5. The molecule has 1 aliphatic rings. The Balaban J connectivity index is 1.46. The van der Waals surface area contributed by atoms with E-state index in [-0.39, 0.29) is 24.9 Å². The van der Waals surface area contributed by atoms with Gasteiger partial charge in [-0.15, -0.1) is 0 Å². The lowest BCUT2D eigenvalue weighted by atomic mass is 10.1. The van der Waals surface area contributed by atoms with Crippen LogP contribution in [0.25, 0.3) is 11.1 Å². The Labute approximate surface area is 160 Å². The van der Waals surface area contributed by atoms with Crippen LogP contribution in [0.3, 0.4) is 0 Å². The second kappa shape index (κ2) is 7.72. The second-order valence-corrected chi connectivity index (χ2v) is 6.80. The van der Waals surface area contributed by atoms with E-state index in [4.69, 9.17) is 9.15 Å². The van der Waals surface area contributed by atoms with Gasteiger partial charge in [-0.25, -0.2) is 4.79 Å². The van der Waals surface area contributed by atoms with Crippen LogP contribution in [0, 0.1) is 0 Å². The summed E-state index contributed by atoms with van der Waals surface area (Å²) in [7, 11) is 0. The van der Waals surface area contributed by atoms with Gasteiger partial charge in [-0.05, 0) is 25.0 Å². The standard InChI is InChI=1S/C21H20N2O5/c24-18(12-13-23-16-8-4-5-9-17(16)27-21(23)26)28-19(14-6-2-1-3-7-14)20(25)22-15-10-11-15/h1-9,15,19H,10-13H2,(H,22,25)/t19-/m0/s1. The summed E-state index contributed by atoms with van der Waals surface area (Å²) in [6.45, 7) is 0.112. The van der Waals surface area contributed by atoms with E-state index in [1.807, 2.05) is 6.07 Å². The summed E-state index contributed by atoms with van der Waals surface area (Å²) < 4.78 is 12.0. The fraction of sp³-hybridized carbons (Fsp3) is 0.286. The quantitative estimate of drug-likeness (QED) is 0.636. The molecule has 0 unspecified atom stereocenters. The molecule has 0 aliphatic heterocycles. The van der Waals surface area contributed by atoms with Gasteiger partial charge in [0.25, 0.3) is 5.91 Å². The van der Waals surface area contributed by atoms with Crippen molar-refractivity contribution in [3.63, 3.8) is 0 Å². The van der Waals surface area contributed by atoms with Crippen LogP contribution in [-0.2, 0) is 20.9 Å². The number of aromatic nitrogens is 1. The van der Waals surface area contributed by atoms with Crippen molar-refractivity contribution in [3.8, 4) is 0 Å². The lowest BCUT2D eigenvalue weighted by Gasteiger charge is -2.18. The summed E-state index contributed by atoms with van der Waals surface area (Å²) in [6, 6.07) is 16.1. The number of rotatable bonds is 7. The Morgan fingerprint density at radius 3 is 2.57 bits per heavy atom. The Morgan fingerprint density at radius 2 is 1.82 bits per heavy atom. The topological polar surface area (TPSA) is 90.5 Å². The second-order valence-electron chi connectivity index (χ2n) is 6.80. The largest absolute Gasteiger partial charge is 0.447 e. The molecule has 2 aromatic carbocycles. The Kier molecular flexibility index (Phi) is 4.97. The van der Waals surface area contributed by atoms with Gasteiger partial charge in [0.2, 0.25) is 6.10 Å². The number of aryl methyl sites for hydroxylation is 1. The number of nitrogens with one attached hydrogen (secondary N) is 1. The number of amides is 1. The number of benzene rings is 2. The maximum absolute atomic E-state index is 12.5. The molecule has 0 radical (unpaired) electrons. The number of esters is 1. The fourth-order valence-electron chi connectivity index (χ4n) is 3.02. The summed E-state index contributed by atoms with van der Waals surface area (Å²) in [6.07, 6.45) is 0.825. The number of carbonyl (C=O) groups excluding carboxylic acids is 2. The molecular weight excluding hydrogens is 360 g/mol. The van der Waals surface area contributed by atoms with Crippen LogP contribution in [0.1, 0.15) is 30.9 Å². The van der Waals surface area contributed by atoms with Crippen molar-refractivity contribution in [2.75, 3.05) is 0 Å². The molecule has 0 saturated heterocycles. The summed E-state index contributed by atoms with van der Waals surface area (Å²) in [4.78, 5) is 37.0. The van der Waals surface area contributed by atoms with Crippen LogP contribution >= 0.6 is 0 Å². The van der Waals surface area contributed by atoms with Gasteiger partial charge in [-0.3, -0.25) is 14.2 Å². The molecular formula is C21H20N2O5. The van der Waals surface area contributed by atoms with Crippen LogP contribution in [-0.4, -0.2) is 22.5 Å². The molecule has 0 spiro atoms. The molecule has 4 rings (SSSR count). The minimum absolute atomic E-state index is 0.0521. The van der Waals surface area contributed by atoms with Gasteiger partial charge in [0, 0.05) is 18.2 Å². The van der Waals surface area contributed by atoms with Gasteiger partial charge in [-0.2, -0.15) is 0 Å². The predicted molar refractivity (Wildman–Crippen MR) is 102 cm³/mol. The number of carbonyl (C=O) groups is 2. The maximum atomic E-state index is 12.5. The third-order valence-corrected chi connectivity index (χ3v) is 4.63. The number of ether oxygens (including phenoxy) is 1. The molecule has 1 saturated carbocycles. The maximum Gasteiger partial charge on any atom is 0.419 e. The Bertz CT molecular complexity index is 1050. The molecule has 1 heterocycles. The number of fused-ring (bicyclic) bond motifs is 1. The predicted octanol–water partition coefficient (Wildman–Crippen LogP) is 2.55. The molecule has 7 heteroatoms. The first-order chi connectivity index (χ1) is 13.6. The number of nitrogens with zero attached hydrogens (tertiary/aromatic N) is 1. The van der Waals surface area contributed by atoms with Crippen molar-refractivity contribution in [2.45, 2.75) is 38.0 Å². The number of hydrogen-bond acceptors (Lipinski definition) is 5. The van der Waals surface area contributed by atoms with Gasteiger partial charge >= 0.3 is 11.7 Å². The molecule has 1 amide bonds. The average molecular weight is 380 g/mol. The highest BCUT2D eigenvalue weighted by Gasteiger charge is 2.30. The van der Waals surface area contributed by atoms with Gasteiger partial charge in [0.15, 0.2) is 5.58 Å². The first-order valence-corrected chi connectivity index (χ1v) is 9.25. The van der Waals surface area contributed by atoms with Crippen LogP contribution in [0.5, 0.6) is 0 Å². The van der Waals surface area contributed by atoms with E-state index >= 15 is 0 Å². The van der Waals surface area contributed by atoms with E-state index in [1.54, 1.807) is 48.5 Å². The summed E-state index contributed by atoms with van der Waals surface area (Å²) >= 11 is 0. The van der Waals surface area contributed by atoms with Crippen molar-refractivity contribution >= 4 is 23.0 Å². The van der Waals surface area contributed by atoms with Crippen LogP contribution < -0.4 is 11.1 Å². The van der Waals surface area contributed by atoms with Gasteiger partial charge < -0.3 is 14.5 Å². The van der Waals surface area contributed by atoms with E-state index in [1.165, 1.54) is 4.57 Å². The molecule has 1 aliphatic carbocycles. The van der Waals surface area contributed by atoms with Gasteiger partial charge in [0.1, 0.15) is 0 Å². The molecule has 1 atom stereocenters. The first-order valence-electron chi connectivity index (χ1n) is 9.25. The monoisotopic (exact) mass is 380 g/mol. The minimum Gasteiger partial charge on any atom is -0.447 e. The molecule has 3 aromatic rings.